The molecule has 0 amide bonds. The Bertz CT molecular complexity index is 211. The summed E-state index contributed by atoms with van der Waals surface area (Å²) in [5.41, 5.74) is 0. The number of hydrogen-bond donors (Lipinski definition) is 2. The van der Waals surface area contributed by atoms with E-state index in [9.17, 15) is 5.11 Å². The van der Waals surface area contributed by atoms with Crippen molar-refractivity contribution in [1.29, 1.82) is 0 Å². The van der Waals surface area contributed by atoms with E-state index in [2.05, 4.69) is 16.8 Å². The maximum atomic E-state index is 9.31. The van der Waals surface area contributed by atoms with E-state index in [1.807, 2.05) is 0 Å². The maximum absolute atomic E-state index is 9.31. The third-order valence-electron chi connectivity index (χ3n) is 4.21. The smallest absolute Gasteiger partial charge is 0.0570 e. The zero-order chi connectivity index (χ0) is 11.5. The molecule has 0 spiro atoms. The van der Waals surface area contributed by atoms with Crippen molar-refractivity contribution in [1.82, 2.24) is 9.80 Å². The first-order valence-corrected chi connectivity index (χ1v) is 6.44. The van der Waals surface area contributed by atoms with Gasteiger partial charge in [-0.2, -0.15) is 0 Å². The summed E-state index contributed by atoms with van der Waals surface area (Å²) in [7, 11) is 2.20. The Morgan fingerprint density at radius 2 is 1.81 bits per heavy atom. The second-order valence-corrected chi connectivity index (χ2v) is 5.24. The topological polar surface area (TPSA) is 46.9 Å². The average molecular weight is 228 g/mol. The highest BCUT2D eigenvalue weighted by Crippen LogP contribution is 2.28. The minimum absolute atomic E-state index is 0.0538. The predicted molar refractivity (Wildman–Crippen MR) is 63.3 cm³/mol. The van der Waals surface area contributed by atoms with Crippen LogP contribution in [0.4, 0.5) is 0 Å². The third-order valence-corrected chi connectivity index (χ3v) is 4.21. The van der Waals surface area contributed by atoms with Gasteiger partial charge < -0.3 is 20.0 Å². The molecule has 2 rings (SSSR count). The lowest BCUT2D eigenvalue weighted by atomic mass is 9.86. The van der Waals surface area contributed by atoms with Crippen molar-refractivity contribution < 1.29 is 10.2 Å². The van der Waals surface area contributed by atoms with Gasteiger partial charge in [0.2, 0.25) is 0 Å². The van der Waals surface area contributed by atoms with Gasteiger partial charge in [-0.25, -0.2) is 0 Å². The third kappa shape index (κ3) is 2.74. The molecular weight excluding hydrogens is 204 g/mol. The monoisotopic (exact) mass is 228 g/mol. The molecule has 2 aliphatic rings. The molecule has 1 saturated carbocycles. The van der Waals surface area contributed by atoms with Crippen LogP contribution in [0.15, 0.2) is 0 Å². The largest absolute Gasteiger partial charge is 0.395 e. The van der Waals surface area contributed by atoms with Crippen LogP contribution in [0, 0.1) is 0 Å². The highest BCUT2D eigenvalue weighted by Gasteiger charge is 2.34. The zero-order valence-corrected chi connectivity index (χ0v) is 10.2. The quantitative estimate of drug-likeness (QED) is 0.705. The average Bonchev–Trinajstić information content (AvgIpc) is 2.25. The lowest BCUT2D eigenvalue weighted by Gasteiger charge is -2.45. The molecule has 0 aromatic heterocycles. The Balaban J connectivity index is 1.71. The molecule has 2 N–H and O–H groups in total. The molecule has 1 heterocycles. The van der Waals surface area contributed by atoms with Crippen molar-refractivity contribution >= 4 is 0 Å². The molecule has 4 nitrogen and oxygen atoms in total. The molecule has 4 heteroatoms. The molecule has 16 heavy (non-hydrogen) atoms. The Labute approximate surface area is 97.9 Å². The van der Waals surface area contributed by atoms with E-state index in [4.69, 9.17) is 5.11 Å². The Kier molecular flexibility index (Phi) is 4.19. The molecule has 0 atom stereocenters. The first kappa shape index (κ1) is 12.3. The molecule has 94 valence electrons. The van der Waals surface area contributed by atoms with Crippen molar-refractivity contribution in [2.45, 2.75) is 43.9 Å². The number of likely N-dealkylation sites (tertiary alicyclic amines) is 1. The van der Waals surface area contributed by atoms with Crippen LogP contribution in [-0.2, 0) is 0 Å². The van der Waals surface area contributed by atoms with E-state index in [0.717, 1.165) is 32.5 Å². The number of rotatable bonds is 4. The molecule has 2 fully saturated rings. The van der Waals surface area contributed by atoms with Crippen molar-refractivity contribution in [3.05, 3.63) is 0 Å². The van der Waals surface area contributed by atoms with Gasteiger partial charge in [0.05, 0.1) is 12.7 Å². The number of nitrogens with zero attached hydrogens (tertiary/aromatic N) is 2. The van der Waals surface area contributed by atoms with E-state index in [1.54, 1.807) is 0 Å². The van der Waals surface area contributed by atoms with Crippen LogP contribution in [0.5, 0.6) is 0 Å². The first-order chi connectivity index (χ1) is 7.70. The van der Waals surface area contributed by atoms with E-state index in [-0.39, 0.29) is 12.7 Å². The SMILES string of the molecule is CN(C1CCN(CCO)CC1)C1CC(O)C1. The standard InChI is InChI=1S/C12H24N2O2/c1-13(11-8-12(16)9-11)10-2-4-14(5-3-10)6-7-15/h10-12,15-16H,2-9H2,1H3. The molecule has 0 aromatic carbocycles. The van der Waals surface area contributed by atoms with E-state index in [0.29, 0.717) is 12.1 Å². The molecule has 1 aliphatic carbocycles. The molecule has 0 aromatic rings. The van der Waals surface area contributed by atoms with E-state index in [1.165, 1.54) is 12.8 Å². The Hall–Kier alpha value is -0.160. The normalized spacial score (nSPS) is 33.0. The molecule has 1 saturated heterocycles. The molecule has 1 aliphatic heterocycles. The van der Waals surface area contributed by atoms with E-state index < -0.39 is 0 Å². The van der Waals surface area contributed by atoms with Crippen molar-refractivity contribution in [2.24, 2.45) is 0 Å². The van der Waals surface area contributed by atoms with Gasteiger partial charge in [0.25, 0.3) is 0 Å². The van der Waals surface area contributed by atoms with Gasteiger partial charge in [-0.1, -0.05) is 0 Å². The summed E-state index contributed by atoms with van der Waals surface area (Å²) in [6.45, 7) is 3.30. The minimum atomic E-state index is -0.0538. The summed E-state index contributed by atoms with van der Waals surface area (Å²) in [5.74, 6) is 0. The second kappa shape index (κ2) is 5.45. The van der Waals surface area contributed by atoms with Crippen LogP contribution < -0.4 is 0 Å². The van der Waals surface area contributed by atoms with Gasteiger partial charge >= 0.3 is 0 Å². The second-order valence-electron chi connectivity index (χ2n) is 5.24. The fourth-order valence-corrected chi connectivity index (χ4v) is 2.88. The maximum Gasteiger partial charge on any atom is 0.0570 e. The fourth-order valence-electron chi connectivity index (χ4n) is 2.88. The summed E-state index contributed by atoms with van der Waals surface area (Å²) in [6, 6.07) is 1.27. The van der Waals surface area contributed by atoms with Gasteiger partial charge in [0, 0.05) is 18.6 Å². The summed E-state index contributed by atoms with van der Waals surface area (Å²) < 4.78 is 0. The number of aliphatic hydroxyl groups excluding tert-OH is 2. The van der Waals surface area contributed by atoms with Gasteiger partial charge in [-0.15, -0.1) is 0 Å². The highest BCUT2D eigenvalue weighted by molar-refractivity contribution is 4.90. The molecule has 0 bridgehead atoms. The number of aliphatic hydroxyl groups is 2. The summed E-state index contributed by atoms with van der Waals surface area (Å²) >= 11 is 0. The Morgan fingerprint density at radius 1 is 1.19 bits per heavy atom. The Morgan fingerprint density at radius 3 is 2.31 bits per heavy atom. The van der Waals surface area contributed by atoms with Crippen LogP contribution in [0.1, 0.15) is 25.7 Å². The van der Waals surface area contributed by atoms with Gasteiger partial charge in [-0.05, 0) is 45.8 Å². The van der Waals surface area contributed by atoms with Crippen molar-refractivity contribution in [2.75, 3.05) is 33.3 Å². The van der Waals surface area contributed by atoms with E-state index >= 15 is 0 Å². The summed E-state index contributed by atoms with van der Waals surface area (Å²) in [4.78, 5) is 4.79. The van der Waals surface area contributed by atoms with Crippen LogP contribution >= 0.6 is 0 Å². The minimum Gasteiger partial charge on any atom is -0.395 e. The molecule has 0 radical (unpaired) electrons. The summed E-state index contributed by atoms with van der Waals surface area (Å²) in [5, 5.41) is 18.2. The number of hydrogen-bond acceptors (Lipinski definition) is 4. The molecular formula is C12H24N2O2. The lowest BCUT2D eigenvalue weighted by molar-refractivity contribution is -0.0170. The zero-order valence-electron chi connectivity index (χ0n) is 10.2. The molecule has 0 unspecified atom stereocenters. The number of piperidine rings is 1. The highest BCUT2D eigenvalue weighted by atomic mass is 16.3. The van der Waals surface area contributed by atoms with Gasteiger partial charge in [0.1, 0.15) is 0 Å². The van der Waals surface area contributed by atoms with Crippen molar-refractivity contribution in [3.63, 3.8) is 0 Å². The first-order valence-electron chi connectivity index (χ1n) is 6.44. The number of β-amino-alcohol motifs (C(OH)–C–C–N with tert-alkyl or cyclic N) is 1. The van der Waals surface area contributed by atoms with Crippen molar-refractivity contribution in [3.8, 4) is 0 Å². The van der Waals surface area contributed by atoms with Crippen LogP contribution in [0.2, 0.25) is 0 Å². The van der Waals surface area contributed by atoms with Gasteiger partial charge in [0.15, 0.2) is 0 Å². The van der Waals surface area contributed by atoms with Crippen LogP contribution in [0.3, 0.4) is 0 Å². The lowest BCUT2D eigenvalue weighted by Crippen LogP contribution is -2.52. The predicted octanol–water partition coefficient (Wildman–Crippen LogP) is -0.102. The van der Waals surface area contributed by atoms with Crippen LogP contribution in [-0.4, -0.2) is 71.5 Å². The summed E-state index contributed by atoms with van der Waals surface area (Å²) in [6.07, 6.45) is 4.24. The van der Waals surface area contributed by atoms with Crippen LogP contribution in [0.25, 0.3) is 0 Å². The van der Waals surface area contributed by atoms with Gasteiger partial charge in [-0.3, -0.25) is 0 Å². The fraction of sp³-hybridized carbons (Fsp3) is 1.00.